The third kappa shape index (κ3) is 3.49. The Labute approximate surface area is 120 Å². The molecule has 0 bridgehead atoms. The Hall–Kier alpha value is -1.14. The van der Waals surface area contributed by atoms with E-state index >= 15 is 0 Å². The fraction of sp³-hybridized carbons (Fsp3) is 0.857. The lowest BCUT2D eigenvalue weighted by Gasteiger charge is -2.33. The molecule has 6 heteroatoms. The Morgan fingerprint density at radius 2 is 2.05 bits per heavy atom. The lowest BCUT2D eigenvalue weighted by Crippen LogP contribution is -2.48. The van der Waals surface area contributed by atoms with Gasteiger partial charge in [0.2, 0.25) is 11.8 Å². The first kappa shape index (κ1) is 15.3. The molecule has 4 N–H and O–H groups in total. The molecule has 0 aromatic rings. The zero-order chi connectivity index (χ0) is 14.7. The van der Waals surface area contributed by atoms with Crippen LogP contribution < -0.4 is 11.5 Å². The van der Waals surface area contributed by atoms with E-state index in [-0.39, 0.29) is 17.7 Å². The van der Waals surface area contributed by atoms with Crippen molar-refractivity contribution < 1.29 is 9.59 Å². The Balaban J connectivity index is 1.87. The van der Waals surface area contributed by atoms with Gasteiger partial charge in [-0.05, 0) is 38.6 Å². The molecule has 2 fully saturated rings. The molecule has 2 rings (SSSR count). The number of primary amides is 1. The lowest BCUT2D eigenvalue weighted by molar-refractivity contribution is -0.136. The lowest BCUT2D eigenvalue weighted by atomic mass is 9.97. The van der Waals surface area contributed by atoms with Crippen LogP contribution in [0.4, 0.5) is 0 Å². The van der Waals surface area contributed by atoms with Crippen molar-refractivity contribution in [2.45, 2.75) is 32.2 Å². The largest absolute Gasteiger partial charge is 0.369 e. The fourth-order valence-electron chi connectivity index (χ4n) is 3.32. The number of carbonyl (C=O) groups is 2. The van der Waals surface area contributed by atoms with E-state index in [2.05, 4.69) is 11.8 Å². The molecule has 0 aliphatic carbocycles. The Morgan fingerprint density at radius 3 is 2.65 bits per heavy atom. The number of piperidine rings is 1. The van der Waals surface area contributed by atoms with E-state index in [9.17, 15) is 9.59 Å². The van der Waals surface area contributed by atoms with Gasteiger partial charge in [0.25, 0.3) is 0 Å². The van der Waals surface area contributed by atoms with Gasteiger partial charge in [-0.2, -0.15) is 0 Å². The van der Waals surface area contributed by atoms with Crippen molar-refractivity contribution in [1.82, 2.24) is 9.80 Å². The molecule has 6 nitrogen and oxygen atoms in total. The zero-order valence-corrected chi connectivity index (χ0v) is 12.3. The van der Waals surface area contributed by atoms with Crippen LogP contribution in [0.3, 0.4) is 0 Å². The van der Waals surface area contributed by atoms with Gasteiger partial charge in [-0.1, -0.05) is 0 Å². The Bertz CT molecular complexity index is 374. The Morgan fingerprint density at radius 1 is 1.30 bits per heavy atom. The fourth-order valence-corrected chi connectivity index (χ4v) is 3.32. The summed E-state index contributed by atoms with van der Waals surface area (Å²) >= 11 is 0. The molecular formula is C14H26N4O2. The van der Waals surface area contributed by atoms with Crippen LogP contribution in [-0.4, -0.2) is 60.4 Å². The van der Waals surface area contributed by atoms with E-state index in [1.54, 1.807) is 4.90 Å². The van der Waals surface area contributed by atoms with Gasteiger partial charge in [0, 0.05) is 25.7 Å². The molecule has 2 heterocycles. The SMILES string of the molecule is CC1CC(CN)CN1CC(=O)N1CCCC(C(N)=O)C1. The standard InChI is InChI=1S/C14H26N4O2/c1-10-5-11(6-15)7-18(10)9-13(19)17-4-2-3-12(8-17)14(16)20/h10-12H,2-9,15H2,1H3,(H2,16,20). The summed E-state index contributed by atoms with van der Waals surface area (Å²) in [4.78, 5) is 27.6. The van der Waals surface area contributed by atoms with Crippen LogP contribution in [0.25, 0.3) is 0 Å². The molecule has 0 radical (unpaired) electrons. The second-order valence-electron chi connectivity index (χ2n) is 6.20. The van der Waals surface area contributed by atoms with E-state index in [1.807, 2.05) is 0 Å². The second kappa shape index (κ2) is 6.54. The van der Waals surface area contributed by atoms with E-state index in [0.29, 0.717) is 31.6 Å². The van der Waals surface area contributed by atoms with Gasteiger partial charge >= 0.3 is 0 Å². The molecular weight excluding hydrogens is 256 g/mol. The molecule has 0 spiro atoms. The summed E-state index contributed by atoms with van der Waals surface area (Å²) in [5, 5.41) is 0. The highest BCUT2D eigenvalue weighted by atomic mass is 16.2. The number of hydrogen-bond acceptors (Lipinski definition) is 4. The van der Waals surface area contributed by atoms with Crippen molar-refractivity contribution in [3.63, 3.8) is 0 Å². The highest BCUT2D eigenvalue weighted by Gasteiger charge is 2.32. The predicted molar refractivity (Wildman–Crippen MR) is 76.7 cm³/mol. The van der Waals surface area contributed by atoms with Crippen LogP contribution in [0.1, 0.15) is 26.2 Å². The van der Waals surface area contributed by atoms with E-state index in [4.69, 9.17) is 11.5 Å². The molecule has 0 saturated carbocycles. The first-order valence-electron chi connectivity index (χ1n) is 7.52. The number of amides is 2. The van der Waals surface area contributed by atoms with E-state index < -0.39 is 0 Å². The van der Waals surface area contributed by atoms with Crippen molar-refractivity contribution in [2.24, 2.45) is 23.3 Å². The van der Waals surface area contributed by atoms with Crippen molar-refractivity contribution in [3.05, 3.63) is 0 Å². The minimum absolute atomic E-state index is 0.112. The molecule has 2 amide bonds. The maximum absolute atomic E-state index is 12.4. The van der Waals surface area contributed by atoms with Crippen LogP contribution in [0.15, 0.2) is 0 Å². The number of nitrogens with zero attached hydrogens (tertiary/aromatic N) is 2. The monoisotopic (exact) mass is 282 g/mol. The van der Waals surface area contributed by atoms with Crippen LogP contribution in [-0.2, 0) is 9.59 Å². The third-order valence-corrected chi connectivity index (χ3v) is 4.64. The first-order chi connectivity index (χ1) is 9.51. The van der Waals surface area contributed by atoms with Crippen LogP contribution in [0.5, 0.6) is 0 Å². The molecule has 0 aromatic carbocycles. The van der Waals surface area contributed by atoms with Gasteiger partial charge in [-0.3, -0.25) is 14.5 Å². The molecule has 0 aromatic heterocycles. The minimum Gasteiger partial charge on any atom is -0.369 e. The molecule has 114 valence electrons. The van der Waals surface area contributed by atoms with Gasteiger partial charge in [0.1, 0.15) is 0 Å². The van der Waals surface area contributed by atoms with Crippen molar-refractivity contribution >= 4 is 11.8 Å². The minimum atomic E-state index is -0.291. The third-order valence-electron chi connectivity index (χ3n) is 4.64. The maximum atomic E-state index is 12.4. The van der Waals surface area contributed by atoms with Crippen LogP contribution in [0, 0.1) is 11.8 Å². The predicted octanol–water partition coefficient (Wildman–Crippen LogP) is -0.621. The molecule has 2 aliphatic heterocycles. The molecule has 3 unspecified atom stereocenters. The molecule has 20 heavy (non-hydrogen) atoms. The summed E-state index contributed by atoms with van der Waals surface area (Å²) in [5.41, 5.74) is 11.1. The van der Waals surface area contributed by atoms with Gasteiger partial charge in [0.15, 0.2) is 0 Å². The van der Waals surface area contributed by atoms with E-state index in [0.717, 1.165) is 32.4 Å². The smallest absolute Gasteiger partial charge is 0.236 e. The van der Waals surface area contributed by atoms with Crippen molar-refractivity contribution in [2.75, 3.05) is 32.7 Å². The number of rotatable bonds is 4. The highest BCUT2D eigenvalue weighted by molar-refractivity contribution is 5.81. The van der Waals surface area contributed by atoms with Crippen LogP contribution in [0.2, 0.25) is 0 Å². The van der Waals surface area contributed by atoms with Gasteiger partial charge in [0.05, 0.1) is 12.5 Å². The first-order valence-corrected chi connectivity index (χ1v) is 7.52. The van der Waals surface area contributed by atoms with Crippen molar-refractivity contribution in [1.29, 1.82) is 0 Å². The number of hydrogen-bond donors (Lipinski definition) is 2. The second-order valence-corrected chi connectivity index (χ2v) is 6.20. The summed E-state index contributed by atoms with van der Waals surface area (Å²) in [6.45, 7) is 5.38. The number of carbonyl (C=O) groups excluding carboxylic acids is 2. The Kier molecular flexibility index (Phi) is 4.99. The quantitative estimate of drug-likeness (QED) is 0.718. The topological polar surface area (TPSA) is 92.7 Å². The van der Waals surface area contributed by atoms with Gasteiger partial charge in [-0.25, -0.2) is 0 Å². The summed E-state index contributed by atoms with van der Waals surface area (Å²) in [7, 11) is 0. The maximum Gasteiger partial charge on any atom is 0.236 e. The van der Waals surface area contributed by atoms with Crippen LogP contribution >= 0.6 is 0 Å². The molecule has 2 aliphatic rings. The summed E-state index contributed by atoms with van der Waals surface area (Å²) in [5.74, 6) is 0.138. The normalized spacial score (nSPS) is 31.5. The number of likely N-dealkylation sites (tertiary alicyclic amines) is 2. The molecule has 2 saturated heterocycles. The van der Waals surface area contributed by atoms with Crippen molar-refractivity contribution in [3.8, 4) is 0 Å². The molecule has 3 atom stereocenters. The average molecular weight is 282 g/mol. The van der Waals surface area contributed by atoms with E-state index in [1.165, 1.54) is 0 Å². The summed E-state index contributed by atoms with van der Waals surface area (Å²) in [6, 6.07) is 0.407. The highest BCUT2D eigenvalue weighted by Crippen LogP contribution is 2.22. The number of nitrogens with two attached hydrogens (primary N) is 2. The van der Waals surface area contributed by atoms with Gasteiger partial charge < -0.3 is 16.4 Å². The summed E-state index contributed by atoms with van der Waals surface area (Å²) < 4.78 is 0. The average Bonchev–Trinajstić information content (AvgIpc) is 2.79. The summed E-state index contributed by atoms with van der Waals surface area (Å²) in [6.07, 6.45) is 2.72. The van der Waals surface area contributed by atoms with Gasteiger partial charge in [-0.15, -0.1) is 0 Å². The zero-order valence-electron chi connectivity index (χ0n) is 12.3.